The highest BCUT2D eigenvalue weighted by molar-refractivity contribution is 7.13. The van der Waals surface area contributed by atoms with E-state index in [4.69, 9.17) is 0 Å². The second kappa shape index (κ2) is 8.04. The number of nitro benzene ring substituents is 1. The van der Waals surface area contributed by atoms with Crippen molar-refractivity contribution in [3.63, 3.8) is 0 Å². The van der Waals surface area contributed by atoms with E-state index in [1.807, 2.05) is 22.4 Å². The first-order valence-electron chi connectivity index (χ1n) is 9.27. The summed E-state index contributed by atoms with van der Waals surface area (Å²) in [6.45, 7) is 1.38. The van der Waals surface area contributed by atoms with Crippen LogP contribution in [0, 0.1) is 10.1 Å². The van der Waals surface area contributed by atoms with Crippen LogP contribution in [0.5, 0.6) is 0 Å². The number of nitrogens with one attached hydrogen (secondary N) is 1. The molecule has 3 aromatic rings. The first-order chi connectivity index (χ1) is 14.1. The van der Waals surface area contributed by atoms with Gasteiger partial charge in [0.1, 0.15) is 11.4 Å². The quantitative estimate of drug-likeness (QED) is 0.382. The number of nitro groups is 1. The Kier molecular flexibility index (Phi) is 5.30. The van der Waals surface area contributed by atoms with Crippen molar-refractivity contribution < 1.29 is 14.5 Å². The number of hydrogen-bond donors (Lipinski definition) is 1. The number of nitrogens with zero attached hydrogens (tertiary/aromatic N) is 3. The van der Waals surface area contributed by atoms with Crippen molar-refractivity contribution in [2.75, 3.05) is 25.1 Å². The third-order valence-electron chi connectivity index (χ3n) is 5.24. The summed E-state index contributed by atoms with van der Waals surface area (Å²) < 4.78 is 4.66. The van der Waals surface area contributed by atoms with Crippen LogP contribution in [0.15, 0.2) is 41.8 Å². The van der Waals surface area contributed by atoms with Gasteiger partial charge in [0.15, 0.2) is 0 Å². The molecule has 1 N–H and O–H groups in total. The zero-order chi connectivity index (χ0) is 20.4. The second-order valence-electron chi connectivity index (χ2n) is 6.90. The number of H-pyrrole nitrogens is 1. The van der Waals surface area contributed by atoms with Gasteiger partial charge >= 0.3 is 5.97 Å². The molecule has 1 aliphatic heterocycles. The molecule has 9 heteroatoms. The second-order valence-corrected chi connectivity index (χ2v) is 7.85. The van der Waals surface area contributed by atoms with Crippen LogP contribution in [-0.4, -0.2) is 41.3 Å². The molecule has 0 unspecified atom stereocenters. The molecular formula is C20H20N4O4S. The minimum atomic E-state index is -0.584. The number of methoxy groups -OCH3 is 1. The van der Waals surface area contributed by atoms with Gasteiger partial charge in [-0.25, -0.2) is 4.79 Å². The number of aromatic nitrogens is 2. The van der Waals surface area contributed by atoms with Crippen molar-refractivity contribution in [3.05, 3.63) is 63.1 Å². The van der Waals surface area contributed by atoms with E-state index in [0.29, 0.717) is 24.7 Å². The fraction of sp³-hybridized carbons (Fsp3) is 0.300. The maximum absolute atomic E-state index is 11.7. The van der Waals surface area contributed by atoms with Crippen molar-refractivity contribution in [2.24, 2.45) is 0 Å². The van der Waals surface area contributed by atoms with E-state index in [2.05, 4.69) is 21.0 Å². The Balaban J connectivity index is 1.48. The monoisotopic (exact) mass is 412 g/mol. The third kappa shape index (κ3) is 3.86. The van der Waals surface area contributed by atoms with Crippen LogP contribution in [0.3, 0.4) is 0 Å². The van der Waals surface area contributed by atoms with Gasteiger partial charge in [0.2, 0.25) is 0 Å². The predicted octanol–water partition coefficient (Wildman–Crippen LogP) is 4.22. The van der Waals surface area contributed by atoms with Crippen LogP contribution in [0.2, 0.25) is 0 Å². The largest absolute Gasteiger partial charge is 0.465 e. The number of carbonyl (C=O) groups excluding carboxylic acids is 1. The Morgan fingerprint density at radius 2 is 2.10 bits per heavy atom. The Morgan fingerprint density at radius 1 is 1.31 bits per heavy atom. The zero-order valence-electron chi connectivity index (χ0n) is 15.8. The molecule has 0 aliphatic carbocycles. The van der Waals surface area contributed by atoms with E-state index in [-0.39, 0.29) is 11.3 Å². The summed E-state index contributed by atoms with van der Waals surface area (Å²) in [6, 6.07) is 10.6. The third-order valence-corrected chi connectivity index (χ3v) is 6.13. The molecule has 29 heavy (non-hydrogen) atoms. The molecule has 4 rings (SSSR count). The van der Waals surface area contributed by atoms with Crippen molar-refractivity contribution in [1.82, 2.24) is 10.2 Å². The van der Waals surface area contributed by atoms with Gasteiger partial charge < -0.3 is 9.64 Å². The minimum Gasteiger partial charge on any atom is -0.465 e. The van der Waals surface area contributed by atoms with E-state index in [1.165, 1.54) is 13.2 Å². The molecule has 0 bridgehead atoms. The number of hydrogen-bond acceptors (Lipinski definition) is 7. The number of carbonyl (C=O) groups is 1. The molecule has 1 saturated heterocycles. The van der Waals surface area contributed by atoms with E-state index < -0.39 is 10.9 Å². The molecule has 0 amide bonds. The van der Waals surface area contributed by atoms with Gasteiger partial charge in [-0.05, 0) is 42.5 Å². The summed E-state index contributed by atoms with van der Waals surface area (Å²) in [6.07, 6.45) is 1.73. The van der Waals surface area contributed by atoms with Gasteiger partial charge in [-0.1, -0.05) is 6.07 Å². The number of thiophene rings is 1. The van der Waals surface area contributed by atoms with Gasteiger partial charge in [-0.15, -0.1) is 11.3 Å². The molecule has 1 aliphatic rings. The average molecular weight is 412 g/mol. The molecule has 0 radical (unpaired) electrons. The fourth-order valence-electron chi connectivity index (χ4n) is 3.71. The van der Waals surface area contributed by atoms with Gasteiger partial charge in [-0.3, -0.25) is 15.2 Å². The number of rotatable bonds is 5. The van der Waals surface area contributed by atoms with E-state index in [0.717, 1.165) is 29.1 Å². The number of aromatic amines is 1. The molecule has 0 saturated carbocycles. The maximum Gasteiger partial charge on any atom is 0.338 e. The minimum absolute atomic E-state index is 0.0760. The highest BCUT2D eigenvalue weighted by atomic mass is 32.1. The van der Waals surface area contributed by atoms with Crippen LogP contribution < -0.4 is 4.90 Å². The number of esters is 1. The van der Waals surface area contributed by atoms with Gasteiger partial charge in [0.05, 0.1) is 22.5 Å². The lowest BCUT2D eigenvalue weighted by Gasteiger charge is -2.32. The van der Waals surface area contributed by atoms with E-state index in [9.17, 15) is 14.9 Å². The van der Waals surface area contributed by atoms with Gasteiger partial charge in [-0.2, -0.15) is 5.10 Å². The number of benzene rings is 1. The summed E-state index contributed by atoms with van der Waals surface area (Å²) in [5.41, 5.74) is 2.68. The molecule has 8 nitrogen and oxygen atoms in total. The molecule has 3 heterocycles. The fourth-order valence-corrected chi connectivity index (χ4v) is 4.40. The van der Waals surface area contributed by atoms with Gasteiger partial charge in [0.25, 0.3) is 5.69 Å². The van der Waals surface area contributed by atoms with E-state index in [1.54, 1.807) is 23.5 Å². The average Bonchev–Trinajstić information content (AvgIpc) is 3.44. The summed E-state index contributed by atoms with van der Waals surface area (Å²) in [5, 5.41) is 21.1. The smallest absolute Gasteiger partial charge is 0.338 e. The lowest BCUT2D eigenvalue weighted by molar-refractivity contribution is -0.384. The molecular weight excluding hydrogens is 392 g/mol. The lowest BCUT2D eigenvalue weighted by atomic mass is 9.93. The Hall–Kier alpha value is -3.20. The molecule has 1 fully saturated rings. The molecule has 1 aromatic carbocycles. The first-order valence-corrected chi connectivity index (χ1v) is 10.2. The summed E-state index contributed by atoms with van der Waals surface area (Å²) >= 11 is 1.66. The Bertz CT molecular complexity index is 1020. The number of ether oxygens (including phenoxy) is 1. The highest BCUT2D eigenvalue weighted by Gasteiger charge is 2.27. The lowest BCUT2D eigenvalue weighted by Crippen LogP contribution is -2.33. The zero-order valence-corrected chi connectivity index (χ0v) is 16.6. The van der Waals surface area contributed by atoms with Crippen molar-refractivity contribution in [1.29, 1.82) is 0 Å². The topological polar surface area (TPSA) is 101 Å². The first kappa shape index (κ1) is 19.1. The molecule has 0 spiro atoms. The van der Waals surface area contributed by atoms with Gasteiger partial charge in [0, 0.05) is 30.8 Å². The maximum atomic E-state index is 11.7. The van der Waals surface area contributed by atoms with Crippen LogP contribution in [0.4, 0.5) is 11.4 Å². The van der Waals surface area contributed by atoms with Crippen LogP contribution >= 0.6 is 11.3 Å². The predicted molar refractivity (Wildman–Crippen MR) is 111 cm³/mol. The van der Waals surface area contributed by atoms with Crippen molar-refractivity contribution >= 4 is 28.7 Å². The Morgan fingerprint density at radius 3 is 2.76 bits per heavy atom. The normalized spacial score (nSPS) is 14.7. The molecule has 2 aromatic heterocycles. The summed E-state index contributed by atoms with van der Waals surface area (Å²) in [4.78, 5) is 25.9. The Labute approximate surface area is 171 Å². The molecule has 150 valence electrons. The van der Waals surface area contributed by atoms with E-state index >= 15 is 0 Å². The molecule has 0 atom stereocenters. The van der Waals surface area contributed by atoms with Crippen LogP contribution in [-0.2, 0) is 4.74 Å². The standard InChI is InChI=1S/C20H20N4O4S/c1-28-20(25)14-4-5-17(18(11-14)24(26)27)23-8-6-13(7-9-23)15-12-16(22-21-15)19-3-2-10-29-19/h2-5,10-13H,6-9H2,1H3,(H,21,22). The summed E-state index contributed by atoms with van der Waals surface area (Å²) in [7, 11) is 1.26. The number of piperidine rings is 1. The van der Waals surface area contributed by atoms with Crippen molar-refractivity contribution in [2.45, 2.75) is 18.8 Å². The summed E-state index contributed by atoms with van der Waals surface area (Å²) in [5.74, 6) is -0.250. The van der Waals surface area contributed by atoms with Crippen LogP contribution in [0.25, 0.3) is 10.6 Å². The number of anilines is 1. The SMILES string of the molecule is COC(=O)c1ccc(N2CCC(c3cc(-c4cccs4)n[nH]3)CC2)c([N+](=O)[O-])c1. The van der Waals surface area contributed by atoms with Crippen LogP contribution in [0.1, 0.15) is 34.8 Å². The highest BCUT2D eigenvalue weighted by Crippen LogP contribution is 2.36. The van der Waals surface area contributed by atoms with Crippen molar-refractivity contribution in [3.8, 4) is 10.6 Å².